The Bertz CT molecular complexity index is 1750. The first kappa shape index (κ1) is 32.6. The maximum absolute atomic E-state index is 12.7. The number of nitrogens with zero attached hydrogens (tertiary/aromatic N) is 7. The smallest absolute Gasteiger partial charge is 0.392 e. The topological polar surface area (TPSA) is 141 Å². The second-order valence-corrected chi connectivity index (χ2v) is 10.9. The molecule has 12 nitrogen and oxygen atoms in total. The number of anilines is 3. The Morgan fingerprint density at radius 3 is 2.71 bits per heavy atom. The van der Waals surface area contributed by atoms with Crippen LogP contribution in [0.2, 0.25) is 5.02 Å². The van der Waals surface area contributed by atoms with E-state index in [0.29, 0.717) is 56.7 Å². The molecule has 0 bridgehead atoms. The Hall–Kier alpha value is -3.90. The van der Waals surface area contributed by atoms with E-state index in [-0.39, 0.29) is 28.7 Å². The largest absolute Gasteiger partial charge is 1.00 e. The third-order valence-electron chi connectivity index (χ3n) is 6.00. The van der Waals surface area contributed by atoms with Crippen LogP contribution in [0, 0.1) is 22.0 Å². The van der Waals surface area contributed by atoms with Crippen molar-refractivity contribution in [2.45, 2.75) is 13.5 Å². The molecule has 42 heavy (non-hydrogen) atoms. The molecular weight excluding hydrogens is 694 g/mol. The van der Waals surface area contributed by atoms with Crippen LogP contribution in [0.4, 0.5) is 23.1 Å². The second-order valence-electron chi connectivity index (χ2n) is 9.63. The van der Waals surface area contributed by atoms with Crippen molar-refractivity contribution >= 4 is 67.5 Å². The molecule has 0 saturated heterocycles. The molecule has 0 atom stereocenters. The van der Waals surface area contributed by atoms with Crippen LogP contribution in [0.3, 0.4) is 0 Å². The fourth-order valence-corrected chi connectivity index (χ4v) is 4.48. The minimum Gasteiger partial charge on any atom is -1.00 e. The number of rotatable bonds is 9. The lowest BCUT2D eigenvalue weighted by molar-refractivity contribution is -0.898. The Balaban J connectivity index is 0.00000484. The summed E-state index contributed by atoms with van der Waals surface area (Å²) in [7, 11) is 5.51. The average Bonchev–Trinajstić information content (AvgIpc) is 3.21. The standard InChI is InChI=1S/C27H25BrClN9O3.BrH/c1-5-7-24-35-27(37(40)41)22(36(24)2)15-38(3,4)11-6-8-25(39)34-23-13-18-21(14-30-23)31-16-32-26(18)33-17-9-10-20(29)19(28)12-17;/h6,8-10,12-14,16H,11,15H2,1-4H3,(H-,30,31,32,33,34,39);1H/b8-6+;. The van der Waals surface area contributed by atoms with Crippen molar-refractivity contribution in [3.05, 3.63) is 80.1 Å². The lowest BCUT2D eigenvalue weighted by atomic mass is 10.2. The molecule has 0 radical (unpaired) electrons. The van der Waals surface area contributed by atoms with Gasteiger partial charge in [-0.15, -0.1) is 0 Å². The van der Waals surface area contributed by atoms with Crippen LogP contribution in [0.5, 0.6) is 0 Å². The number of halogens is 3. The molecule has 2 N–H and O–H groups in total. The number of hydrogen-bond donors (Lipinski definition) is 2. The highest BCUT2D eigenvalue weighted by Gasteiger charge is 2.30. The van der Waals surface area contributed by atoms with Crippen LogP contribution in [-0.2, 0) is 18.4 Å². The highest BCUT2D eigenvalue weighted by atomic mass is 79.9. The molecule has 4 aromatic rings. The first-order valence-electron chi connectivity index (χ1n) is 12.2. The molecule has 4 rings (SSSR count). The van der Waals surface area contributed by atoms with Gasteiger partial charge in [0.1, 0.15) is 24.5 Å². The number of nitro groups is 1. The van der Waals surface area contributed by atoms with Gasteiger partial charge < -0.3 is 42.2 Å². The van der Waals surface area contributed by atoms with Gasteiger partial charge in [-0.2, -0.15) is 0 Å². The van der Waals surface area contributed by atoms with Gasteiger partial charge in [-0.25, -0.2) is 15.0 Å². The van der Waals surface area contributed by atoms with Gasteiger partial charge in [0.25, 0.3) is 5.82 Å². The molecule has 0 saturated carbocycles. The van der Waals surface area contributed by atoms with Crippen LogP contribution in [0.25, 0.3) is 10.9 Å². The van der Waals surface area contributed by atoms with Gasteiger partial charge in [0, 0.05) is 28.7 Å². The average molecular weight is 720 g/mol. The summed E-state index contributed by atoms with van der Waals surface area (Å²) in [6, 6.07) is 7.09. The summed E-state index contributed by atoms with van der Waals surface area (Å²) in [4.78, 5) is 40.7. The predicted molar refractivity (Wildman–Crippen MR) is 161 cm³/mol. The van der Waals surface area contributed by atoms with Gasteiger partial charge in [0.05, 0.1) is 37.4 Å². The first-order chi connectivity index (χ1) is 19.5. The maximum Gasteiger partial charge on any atom is 0.392 e. The number of likely N-dealkylation sites (N-methyl/N-ethyl adjacent to an activating group) is 1. The van der Waals surface area contributed by atoms with Crippen LogP contribution >= 0.6 is 27.5 Å². The van der Waals surface area contributed by atoms with Crippen LogP contribution < -0.4 is 27.6 Å². The monoisotopic (exact) mass is 717 g/mol. The third kappa shape index (κ3) is 7.89. The van der Waals surface area contributed by atoms with E-state index in [1.165, 1.54) is 12.4 Å². The molecule has 0 unspecified atom stereocenters. The van der Waals surface area contributed by atoms with Crippen molar-refractivity contribution in [3.8, 4) is 11.8 Å². The number of imidazole rings is 1. The molecule has 218 valence electrons. The van der Waals surface area contributed by atoms with E-state index in [1.807, 2.05) is 26.2 Å². The van der Waals surface area contributed by atoms with Gasteiger partial charge in [-0.3, -0.25) is 9.36 Å². The zero-order valence-corrected chi connectivity index (χ0v) is 27.0. The minimum atomic E-state index is -0.504. The number of nitrogens with one attached hydrogen (secondary N) is 2. The Kier molecular flexibility index (Phi) is 10.7. The van der Waals surface area contributed by atoms with Crippen molar-refractivity contribution in [3.63, 3.8) is 0 Å². The zero-order chi connectivity index (χ0) is 29.7. The van der Waals surface area contributed by atoms with Gasteiger partial charge in [-0.1, -0.05) is 17.5 Å². The van der Waals surface area contributed by atoms with E-state index in [2.05, 4.69) is 58.3 Å². The molecule has 0 spiro atoms. The highest BCUT2D eigenvalue weighted by molar-refractivity contribution is 9.10. The fourth-order valence-electron chi connectivity index (χ4n) is 3.98. The number of hydrogen-bond acceptors (Lipinski definition) is 8. The number of fused-ring (bicyclic) bond motifs is 1. The van der Waals surface area contributed by atoms with Crippen molar-refractivity contribution in [1.29, 1.82) is 0 Å². The van der Waals surface area contributed by atoms with Gasteiger partial charge in [-0.05, 0) is 69.0 Å². The predicted octanol–water partition coefficient (Wildman–Crippen LogP) is 1.97. The van der Waals surface area contributed by atoms with Crippen LogP contribution in [-0.4, -0.2) is 60.5 Å². The lowest BCUT2D eigenvalue weighted by Crippen LogP contribution is -3.00. The molecule has 3 aromatic heterocycles. The van der Waals surface area contributed by atoms with E-state index < -0.39 is 4.92 Å². The molecule has 0 aliphatic heterocycles. The van der Waals surface area contributed by atoms with Crippen molar-refractivity contribution < 1.29 is 31.2 Å². The van der Waals surface area contributed by atoms with Crippen LogP contribution in [0.1, 0.15) is 18.4 Å². The van der Waals surface area contributed by atoms with E-state index in [4.69, 9.17) is 11.6 Å². The fraction of sp³-hybridized carbons (Fsp3) is 0.222. The number of amides is 1. The van der Waals surface area contributed by atoms with Crippen molar-refractivity contribution in [2.75, 3.05) is 31.3 Å². The molecular formula is C27H26Br2ClN9O3. The molecule has 3 heterocycles. The molecule has 1 amide bonds. The molecule has 0 aliphatic rings. The number of pyridine rings is 1. The number of benzene rings is 1. The normalized spacial score (nSPS) is 11.1. The van der Waals surface area contributed by atoms with E-state index >= 15 is 0 Å². The van der Waals surface area contributed by atoms with Gasteiger partial charge >= 0.3 is 5.82 Å². The maximum atomic E-state index is 12.7. The number of carbonyl (C=O) groups is 1. The van der Waals surface area contributed by atoms with Crippen LogP contribution in [0.15, 0.2) is 53.4 Å². The van der Waals surface area contributed by atoms with Crippen molar-refractivity contribution in [1.82, 2.24) is 24.5 Å². The third-order valence-corrected chi connectivity index (χ3v) is 7.22. The molecule has 15 heteroatoms. The quantitative estimate of drug-likeness (QED) is 0.0881. The summed E-state index contributed by atoms with van der Waals surface area (Å²) in [5, 5.41) is 18.8. The minimum absolute atomic E-state index is 0. The summed E-state index contributed by atoms with van der Waals surface area (Å²) in [6.45, 7) is 2.38. The van der Waals surface area contributed by atoms with Gasteiger partial charge in [0.15, 0.2) is 5.69 Å². The summed E-state index contributed by atoms with van der Waals surface area (Å²) in [6.07, 6.45) is 6.09. The number of aromatic nitrogens is 5. The van der Waals surface area contributed by atoms with E-state index in [1.54, 1.807) is 42.9 Å². The van der Waals surface area contributed by atoms with E-state index in [9.17, 15) is 14.9 Å². The number of carbonyl (C=O) groups excluding carboxylic acids is 1. The summed E-state index contributed by atoms with van der Waals surface area (Å²) < 4.78 is 2.71. The molecule has 0 fully saturated rings. The SMILES string of the molecule is CC#Cc1nc([N+](=O)[O-])c(C[N+](C)(C)C/C=C/C(=O)Nc2cc3c(Nc4ccc(Cl)c(Br)c4)ncnc3cn2)n1C.[Br-]. The highest BCUT2D eigenvalue weighted by Crippen LogP contribution is 2.29. The van der Waals surface area contributed by atoms with Crippen molar-refractivity contribution in [2.24, 2.45) is 7.05 Å². The second kappa shape index (κ2) is 13.8. The van der Waals surface area contributed by atoms with E-state index in [0.717, 1.165) is 10.2 Å². The summed E-state index contributed by atoms with van der Waals surface area (Å²) in [5.41, 5.74) is 1.81. The lowest BCUT2D eigenvalue weighted by Gasteiger charge is -2.28. The first-order valence-corrected chi connectivity index (χ1v) is 13.4. The molecule has 1 aromatic carbocycles. The summed E-state index contributed by atoms with van der Waals surface area (Å²) in [5.74, 6) is 6.10. The molecule has 0 aliphatic carbocycles. The Labute approximate surface area is 265 Å². The zero-order valence-electron chi connectivity index (χ0n) is 23.0. The number of quaternary nitrogens is 1. The summed E-state index contributed by atoms with van der Waals surface area (Å²) >= 11 is 9.50. The Morgan fingerprint density at radius 2 is 2.02 bits per heavy atom. The Morgan fingerprint density at radius 1 is 1.26 bits per heavy atom. The van der Waals surface area contributed by atoms with Gasteiger partial charge in [0.2, 0.25) is 5.91 Å².